The van der Waals surface area contributed by atoms with Crippen molar-refractivity contribution in [3.05, 3.63) is 0 Å². The molecule has 9 heavy (non-hydrogen) atoms. The molecule has 0 saturated carbocycles. The van der Waals surface area contributed by atoms with E-state index in [1.807, 2.05) is 0 Å². The minimum atomic E-state index is -0.558. The predicted octanol–water partition coefficient (Wildman–Crippen LogP) is -0.500. The molecule has 0 aliphatic carbocycles. The van der Waals surface area contributed by atoms with Gasteiger partial charge in [0.05, 0.1) is 13.2 Å². The van der Waals surface area contributed by atoms with E-state index in [0.717, 1.165) is 0 Å². The SMILES string of the molecule is NCC(=O)COCCF. The van der Waals surface area contributed by atoms with E-state index in [0.29, 0.717) is 0 Å². The number of ether oxygens (including phenoxy) is 1. The number of alkyl halides is 1. The summed E-state index contributed by atoms with van der Waals surface area (Å²) in [5.74, 6) is -0.205. The van der Waals surface area contributed by atoms with Gasteiger partial charge in [-0.3, -0.25) is 4.79 Å². The maximum atomic E-state index is 11.3. The molecule has 0 bridgehead atoms. The molecule has 0 fully saturated rings. The fourth-order valence-electron chi connectivity index (χ4n) is 0.299. The number of nitrogens with two attached hydrogens (primary N) is 1. The summed E-state index contributed by atoms with van der Waals surface area (Å²) in [4.78, 5) is 10.3. The molecule has 0 aliphatic heterocycles. The molecule has 0 amide bonds. The first-order valence-corrected chi connectivity index (χ1v) is 2.66. The lowest BCUT2D eigenvalue weighted by Gasteiger charge is -1.96. The Kier molecular flexibility index (Phi) is 5.35. The fourth-order valence-corrected chi connectivity index (χ4v) is 0.299. The molecule has 3 nitrogen and oxygen atoms in total. The molecule has 0 aliphatic rings. The fraction of sp³-hybridized carbons (Fsp3) is 0.800. The second-order valence-electron chi connectivity index (χ2n) is 1.48. The monoisotopic (exact) mass is 135 g/mol. The van der Waals surface area contributed by atoms with Crippen LogP contribution in [0.5, 0.6) is 0 Å². The van der Waals surface area contributed by atoms with Crippen molar-refractivity contribution in [1.29, 1.82) is 0 Å². The van der Waals surface area contributed by atoms with Crippen molar-refractivity contribution in [2.75, 3.05) is 26.4 Å². The summed E-state index contributed by atoms with van der Waals surface area (Å²) in [7, 11) is 0. The van der Waals surface area contributed by atoms with Crippen molar-refractivity contribution in [3.8, 4) is 0 Å². The number of Topliss-reactive ketones (excluding diaryl/α,β-unsaturated/α-hetero) is 1. The molecule has 0 aromatic rings. The number of halogens is 1. The van der Waals surface area contributed by atoms with Crippen molar-refractivity contribution in [2.45, 2.75) is 0 Å². The van der Waals surface area contributed by atoms with Gasteiger partial charge in [0.15, 0.2) is 5.78 Å². The Hall–Kier alpha value is -0.480. The van der Waals surface area contributed by atoms with Crippen LogP contribution in [0.15, 0.2) is 0 Å². The van der Waals surface area contributed by atoms with Gasteiger partial charge in [-0.05, 0) is 0 Å². The van der Waals surface area contributed by atoms with Gasteiger partial charge in [-0.15, -0.1) is 0 Å². The van der Waals surface area contributed by atoms with E-state index in [1.54, 1.807) is 0 Å². The van der Waals surface area contributed by atoms with Crippen LogP contribution in [-0.2, 0) is 9.53 Å². The van der Waals surface area contributed by atoms with Gasteiger partial charge in [-0.25, -0.2) is 4.39 Å². The lowest BCUT2D eigenvalue weighted by molar-refractivity contribution is -0.122. The lowest BCUT2D eigenvalue weighted by atomic mass is 10.4. The minimum Gasteiger partial charge on any atom is -0.371 e. The van der Waals surface area contributed by atoms with Crippen molar-refractivity contribution < 1.29 is 13.9 Å². The number of rotatable bonds is 5. The maximum Gasteiger partial charge on any atom is 0.171 e. The Morgan fingerprint density at radius 1 is 1.67 bits per heavy atom. The Labute approximate surface area is 53.0 Å². The smallest absolute Gasteiger partial charge is 0.171 e. The predicted molar refractivity (Wildman–Crippen MR) is 30.9 cm³/mol. The number of carbonyl (C=O) groups is 1. The zero-order valence-corrected chi connectivity index (χ0v) is 5.10. The second kappa shape index (κ2) is 5.65. The van der Waals surface area contributed by atoms with Gasteiger partial charge < -0.3 is 10.5 Å². The van der Waals surface area contributed by atoms with Crippen LogP contribution >= 0.6 is 0 Å². The number of hydrogen-bond donors (Lipinski definition) is 1. The highest BCUT2D eigenvalue weighted by atomic mass is 19.1. The Bertz CT molecular complexity index is 87.0. The summed E-state index contributed by atoms with van der Waals surface area (Å²) in [6.45, 7) is -0.684. The van der Waals surface area contributed by atoms with Crippen LogP contribution in [0.3, 0.4) is 0 Å². The lowest BCUT2D eigenvalue weighted by Crippen LogP contribution is -2.19. The average Bonchev–Trinajstić information content (AvgIpc) is 1.89. The van der Waals surface area contributed by atoms with Crippen LogP contribution < -0.4 is 5.73 Å². The maximum absolute atomic E-state index is 11.3. The van der Waals surface area contributed by atoms with Crippen LogP contribution in [0.25, 0.3) is 0 Å². The van der Waals surface area contributed by atoms with E-state index in [1.165, 1.54) is 0 Å². The highest BCUT2D eigenvalue weighted by Crippen LogP contribution is 1.76. The average molecular weight is 135 g/mol. The van der Waals surface area contributed by atoms with Crippen molar-refractivity contribution in [3.63, 3.8) is 0 Å². The number of hydrogen-bond acceptors (Lipinski definition) is 3. The molecule has 0 radical (unpaired) electrons. The highest BCUT2D eigenvalue weighted by molar-refractivity contribution is 5.81. The summed E-state index contributed by atoms with van der Waals surface area (Å²) in [6, 6.07) is 0. The molecular formula is C5H10FNO2. The molecule has 0 rings (SSSR count). The van der Waals surface area contributed by atoms with Crippen molar-refractivity contribution in [1.82, 2.24) is 0 Å². The summed E-state index contributed by atoms with van der Waals surface area (Å²) in [5, 5.41) is 0. The zero-order chi connectivity index (χ0) is 7.11. The molecule has 0 unspecified atom stereocenters. The van der Waals surface area contributed by atoms with Crippen LogP contribution in [0.4, 0.5) is 4.39 Å². The van der Waals surface area contributed by atoms with E-state index < -0.39 is 6.67 Å². The van der Waals surface area contributed by atoms with Crippen LogP contribution in [0, 0.1) is 0 Å². The Balaban J connectivity index is 2.97. The molecule has 0 heterocycles. The van der Waals surface area contributed by atoms with Gasteiger partial charge in [0.2, 0.25) is 0 Å². The first kappa shape index (κ1) is 8.52. The minimum absolute atomic E-state index is 0.0221. The third-order valence-electron chi connectivity index (χ3n) is 0.712. The topological polar surface area (TPSA) is 52.3 Å². The van der Waals surface area contributed by atoms with Crippen molar-refractivity contribution >= 4 is 5.78 Å². The quantitative estimate of drug-likeness (QED) is 0.517. The zero-order valence-electron chi connectivity index (χ0n) is 5.10. The molecule has 0 aromatic carbocycles. The van der Waals surface area contributed by atoms with E-state index in [4.69, 9.17) is 5.73 Å². The molecule has 0 atom stereocenters. The largest absolute Gasteiger partial charge is 0.371 e. The molecule has 0 spiro atoms. The Morgan fingerprint density at radius 2 is 2.33 bits per heavy atom. The number of carbonyl (C=O) groups excluding carboxylic acids is 1. The Morgan fingerprint density at radius 3 is 2.78 bits per heavy atom. The van der Waals surface area contributed by atoms with Gasteiger partial charge >= 0.3 is 0 Å². The molecule has 4 heteroatoms. The summed E-state index contributed by atoms with van der Waals surface area (Å²) >= 11 is 0. The van der Waals surface area contributed by atoms with E-state index >= 15 is 0 Å². The van der Waals surface area contributed by atoms with Crippen molar-refractivity contribution in [2.24, 2.45) is 5.73 Å². The molecule has 0 saturated heterocycles. The van der Waals surface area contributed by atoms with E-state index in [-0.39, 0.29) is 25.5 Å². The first-order valence-electron chi connectivity index (χ1n) is 2.66. The summed E-state index contributed by atoms with van der Waals surface area (Å²) < 4.78 is 15.8. The van der Waals surface area contributed by atoms with Gasteiger partial charge in [-0.1, -0.05) is 0 Å². The molecular weight excluding hydrogens is 125 g/mol. The molecule has 2 N–H and O–H groups in total. The van der Waals surface area contributed by atoms with Gasteiger partial charge in [-0.2, -0.15) is 0 Å². The summed E-state index contributed by atoms with van der Waals surface area (Å²) in [6.07, 6.45) is 0. The van der Waals surface area contributed by atoms with Crippen LogP contribution in [-0.4, -0.2) is 32.2 Å². The third-order valence-corrected chi connectivity index (χ3v) is 0.712. The van der Waals surface area contributed by atoms with E-state index in [9.17, 15) is 9.18 Å². The van der Waals surface area contributed by atoms with Gasteiger partial charge in [0.1, 0.15) is 13.3 Å². The first-order chi connectivity index (χ1) is 4.31. The standard InChI is InChI=1S/C5H10FNO2/c6-1-2-9-4-5(8)3-7/h1-4,7H2. The molecule has 0 aromatic heterocycles. The second-order valence-corrected chi connectivity index (χ2v) is 1.48. The summed E-state index contributed by atoms with van der Waals surface area (Å²) in [5.41, 5.74) is 4.93. The third kappa shape index (κ3) is 5.39. The van der Waals surface area contributed by atoms with Crippen LogP contribution in [0.2, 0.25) is 0 Å². The normalized spacial score (nSPS) is 9.56. The van der Waals surface area contributed by atoms with Gasteiger partial charge in [0, 0.05) is 0 Å². The number of ketones is 1. The highest BCUT2D eigenvalue weighted by Gasteiger charge is 1.95. The van der Waals surface area contributed by atoms with Gasteiger partial charge in [0.25, 0.3) is 0 Å². The van der Waals surface area contributed by atoms with E-state index in [2.05, 4.69) is 4.74 Å². The molecule has 54 valence electrons. The van der Waals surface area contributed by atoms with Crippen LogP contribution in [0.1, 0.15) is 0 Å².